The highest BCUT2D eigenvalue weighted by atomic mass is 32.2. The quantitative estimate of drug-likeness (QED) is 0.754. The van der Waals surface area contributed by atoms with Crippen LogP contribution in [0.2, 0.25) is 0 Å². The second kappa shape index (κ2) is 3.43. The standard InChI is InChI=1S/C8H12N2O2S/c1-6(9)7-4-3-5-8(10-7)13(2,11)12/h3-6H,9H2,1-2H3/t6-/m0/s1. The zero-order valence-electron chi connectivity index (χ0n) is 7.56. The van der Waals surface area contributed by atoms with Crippen LogP contribution in [-0.2, 0) is 9.84 Å². The number of hydrogen-bond donors (Lipinski definition) is 1. The minimum Gasteiger partial charge on any atom is -0.323 e. The van der Waals surface area contributed by atoms with Crippen molar-refractivity contribution in [3.05, 3.63) is 23.9 Å². The maximum Gasteiger partial charge on any atom is 0.192 e. The van der Waals surface area contributed by atoms with E-state index in [1.54, 1.807) is 19.1 Å². The molecule has 72 valence electrons. The Hall–Kier alpha value is -0.940. The molecule has 1 atom stereocenters. The minimum absolute atomic E-state index is 0.0716. The van der Waals surface area contributed by atoms with Gasteiger partial charge >= 0.3 is 0 Å². The molecule has 0 saturated heterocycles. The second-order valence-corrected chi connectivity index (χ2v) is 4.92. The molecule has 1 rings (SSSR count). The summed E-state index contributed by atoms with van der Waals surface area (Å²) in [4.78, 5) is 3.93. The molecule has 2 N–H and O–H groups in total. The van der Waals surface area contributed by atoms with E-state index in [-0.39, 0.29) is 11.1 Å². The third kappa shape index (κ3) is 2.50. The number of hydrogen-bond acceptors (Lipinski definition) is 4. The van der Waals surface area contributed by atoms with Gasteiger partial charge in [-0.1, -0.05) is 6.07 Å². The summed E-state index contributed by atoms with van der Waals surface area (Å²) in [7, 11) is -3.23. The number of nitrogens with zero attached hydrogens (tertiary/aromatic N) is 1. The number of pyridine rings is 1. The zero-order chi connectivity index (χ0) is 10.1. The van der Waals surface area contributed by atoms with Crippen LogP contribution in [0.5, 0.6) is 0 Å². The molecule has 0 aliphatic heterocycles. The van der Waals surface area contributed by atoms with Crippen molar-refractivity contribution < 1.29 is 8.42 Å². The van der Waals surface area contributed by atoms with Crippen LogP contribution in [0.25, 0.3) is 0 Å². The first-order chi connectivity index (χ1) is 5.91. The molecule has 1 aromatic rings. The fourth-order valence-electron chi connectivity index (χ4n) is 0.891. The number of sulfone groups is 1. The first-order valence-corrected chi connectivity index (χ1v) is 5.73. The molecule has 0 unspecified atom stereocenters. The van der Waals surface area contributed by atoms with Gasteiger partial charge < -0.3 is 5.73 Å². The monoisotopic (exact) mass is 200 g/mol. The number of rotatable bonds is 2. The molecular weight excluding hydrogens is 188 g/mol. The molecule has 0 saturated carbocycles. The highest BCUT2D eigenvalue weighted by Crippen LogP contribution is 2.10. The summed E-state index contributed by atoms with van der Waals surface area (Å²) in [5.41, 5.74) is 6.15. The highest BCUT2D eigenvalue weighted by molar-refractivity contribution is 7.90. The first-order valence-electron chi connectivity index (χ1n) is 3.84. The van der Waals surface area contributed by atoms with Gasteiger partial charge in [-0.25, -0.2) is 13.4 Å². The van der Waals surface area contributed by atoms with E-state index in [9.17, 15) is 8.42 Å². The van der Waals surface area contributed by atoms with E-state index in [4.69, 9.17) is 5.73 Å². The van der Waals surface area contributed by atoms with E-state index in [1.807, 2.05) is 0 Å². The van der Waals surface area contributed by atoms with E-state index in [0.717, 1.165) is 6.26 Å². The maximum atomic E-state index is 11.1. The van der Waals surface area contributed by atoms with Crippen LogP contribution in [0.15, 0.2) is 23.2 Å². The smallest absolute Gasteiger partial charge is 0.192 e. The molecule has 13 heavy (non-hydrogen) atoms. The van der Waals surface area contributed by atoms with E-state index >= 15 is 0 Å². The van der Waals surface area contributed by atoms with Gasteiger partial charge in [-0.15, -0.1) is 0 Å². The Morgan fingerprint density at radius 3 is 2.54 bits per heavy atom. The molecule has 0 aromatic carbocycles. The third-order valence-corrected chi connectivity index (χ3v) is 2.58. The third-order valence-electron chi connectivity index (χ3n) is 1.59. The van der Waals surface area contributed by atoms with Gasteiger partial charge in [-0.05, 0) is 19.1 Å². The molecule has 5 heteroatoms. The van der Waals surface area contributed by atoms with Gasteiger partial charge in [0.1, 0.15) is 0 Å². The summed E-state index contributed by atoms with van der Waals surface area (Å²) in [6, 6.07) is 4.56. The summed E-state index contributed by atoms with van der Waals surface area (Å²) >= 11 is 0. The Kier molecular flexibility index (Phi) is 2.68. The topological polar surface area (TPSA) is 73.1 Å². The molecule has 0 bridgehead atoms. The predicted molar refractivity (Wildman–Crippen MR) is 49.9 cm³/mol. The van der Waals surface area contributed by atoms with E-state index < -0.39 is 9.84 Å². The molecule has 0 radical (unpaired) electrons. The van der Waals surface area contributed by atoms with Gasteiger partial charge in [0, 0.05) is 12.3 Å². The predicted octanol–water partition coefficient (Wildman–Crippen LogP) is 0.505. The summed E-state index contributed by atoms with van der Waals surface area (Å²) in [6.07, 6.45) is 1.13. The van der Waals surface area contributed by atoms with Crippen molar-refractivity contribution in [1.82, 2.24) is 4.98 Å². The highest BCUT2D eigenvalue weighted by Gasteiger charge is 2.10. The van der Waals surface area contributed by atoms with Crippen molar-refractivity contribution >= 4 is 9.84 Å². The Balaban J connectivity index is 3.21. The van der Waals surface area contributed by atoms with Crippen molar-refractivity contribution in [3.8, 4) is 0 Å². The van der Waals surface area contributed by atoms with Gasteiger partial charge in [0.25, 0.3) is 0 Å². The molecule has 0 amide bonds. The van der Waals surface area contributed by atoms with Gasteiger partial charge in [0.05, 0.1) is 5.69 Å². The molecule has 1 heterocycles. The van der Waals surface area contributed by atoms with Crippen LogP contribution in [0, 0.1) is 0 Å². The Morgan fingerprint density at radius 1 is 1.46 bits per heavy atom. The van der Waals surface area contributed by atoms with Crippen molar-refractivity contribution in [2.45, 2.75) is 18.0 Å². The SMILES string of the molecule is C[C@H](N)c1cccc(S(C)(=O)=O)n1. The van der Waals surface area contributed by atoms with Gasteiger partial charge in [0.2, 0.25) is 0 Å². The Labute approximate surface area is 77.7 Å². The van der Waals surface area contributed by atoms with Crippen molar-refractivity contribution in [3.63, 3.8) is 0 Å². The van der Waals surface area contributed by atoms with E-state index in [1.165, 1.54) is 6.07 Å². The lowest BCUT2D eigenvalue weighted by Crippen LogP contribution is -2.10. The Morgan fingerprint density at radius 2 is 2.08 bits per heavy atom. The summed E-state index contributed by atoms with van der Waals surface area (Å²) in [5.74, 6) is 0. The molecule has 0 spiro atoms. The van der Waals surface area contributed by atoms with Gasteiger partial charge in [0.15, 0.2) is 14.9 Å². The fraction of sp³-hybridized carbons (Fsp3) is 0.375. The molecule has 0 aliphatic carbocycles. The van der Waals surface area contributed by atoms with E-state index in [2.05, 4.69) is 4.98 Å². The second-order valence-electron chi connectivity index (χ2n) is 2.96. The number of aromatic nitrogens is 1. The molecular formula is C8H12N2O2S. The summed E-state index contributed by atoms with van der Waals surface area (Å²) in [5, 5.41) is 0.0716. The average molecular weight is 200 g/mol. The Bertz CT molecular complexity index is 398. The largest absolute Gasteiger partial charge is 0.323 e. The van der Waals surface area contributed by atoms with Crippen LogP contribution < -0.4 is 5.73 Å². The van der Waals surface area contributed by atoms with Crippen LogP contribution >= 0.6 is 0 Å². The fourth-order valence-corrected chi connectivity index (χ4v) is 1.49. The van der Waals surface area contributed by atoms with Crippen LogP contribution in [-0.4, -0.2) is 19.7 Å². The van der Waals surface area contributed by atoms with Crippen molar-refractivity contribution in [2.24, 2.45) is 5.73 Å². The van der Waals surface area contributed by atoms with Crippen molar-refractivity contribution in [2.75, 3.05) is 6.26 Å². The normalized spacial score (nSPS) is 14.1. The maximum absolute atomic E-state index is 11.1. The lowest BCUT2D eigenvalue weighted by atomic mass is 10.2. The molecule has 0 fully saturated rings. The first kappa shape index (κ1) is 10.1. The van der Waals surface area contributed by atoms with Crippen LogP contribution in [0.1, 0.15) is 18.7 Å². The van der Waals surface area contributed by atoms with Crippen LogP contribution in [0.4, 0.5) is 0 Å². The van der Waals surface area contributed by atoms with Crippen molar-refractivity contribution in [1.29, 1.82) is 0 Å². The minimum atomic E-state index is -3.23. The van der Waals surface area contributed by atoms with Crippen LogP contribution in [0.3, 0.4) is 0 Å². The molecule has 0 aliphatic rings. The molecule has 1 aromatic heterocycles. The zero-order valence-corrected chi connectivity index (χ0v) is 8.38. The average Bonchev–Trinajstić information content (AvgIpc) is 2.03. The van der Waals surface area contributed by atoms with E-state index in [0.29, 0.717) is 5.69 Å². The van der Waals surface area contributed by atoms with Gasteiger partial charge in [-0.3, -0.25) is 0 Å². The summed E-state index contributed by atoms with van der Waals surface area (Å²) in [6.45, 7) is 1.76. The molecule has 4 nitrogen and oxygen atoms in total. The lowest BCUT2D eigenvalue weighted by molar-refractivity contribution is 0.596. The summed E-state index contributed by atoms with van der Waals surface area (Å²) < 4.78 is 22.2. The lowest BCUT2D eigenvalue weighted by Gasteiger charge is -2.05. The van der Waals surface area contributed by atoms with Gasteiger partial charge in [-0.2, -0.15) is 0 Å². The number of nitrogens with two attached hydrogens (primary N) is 1.